The van der Waals surface area contributed by atoms with Crippen LogP contribution in [-0.4, -0.2) is 16.0 Å². The van der Waals surface area contributed by atoms with Crippen molar-refractivity contribution in [2.24, 2.45) is 0 Å². The lowest BCUT2D eigenvalue weighted by molar-refractivity contribution is -0.0506. The Bertz CT molecular complexity index is 1260. The van der Waals surface area contributed by atoms with E-state index in [1.54, 1.807) is 28.8 Å². The Labute approximate surface area is 190 Å². The summed E-state index contributed by atoms with van der Waals surface area (Å²) in [6.07, 6.45) is 1.74. The van der Waals surface area contributed by atoms with Crippen LogP contribution in [-0.2, 0) is 11.3 Å². The molecule has 32 heavy (non-hydrogen) atoms. The van der Waals surface area contributed by atoms with Gasteiger partial charge in [0.15, 0.2) is 0 Å². The number of halogens is 4. The van der Waals surface area contributed by atoms with E-state index in [0.29, 0.717) is 29.9 Å². The van der Waals surface area contributed by atoms with Crippen molar-refractivity contribution >= 4 is 21.6 Å². The van der Waals surface area contributed by atoms with Gasteiger partial charge in [-0.3, -0.25) is 0 Å². The van der Waals surface area contributed by atoms with Crippen molar-refractivity contribution in [1.82, 2.24) is 9.38 Å². The monoisotopic (exact) mass is 502 g/mol. The van der Waals surface area contributed by atoms with E-state index in [-0.39, 0.29) is 22.2 Å². The van der Waals surface area contributed by atoms with Crippen LogP contribution in [0.2, 0.25) is 0 Å². The number of hydrogen-bond donors (Lipinski definition) is 0. The van der Waals surface area contributed by atoms with Crippen LogP contribution in [0.15, 0.2) is 71.3 Å². The second kappa shape index (κ2) is 8.60. The number of ether oxygens (including phenoxy) is 2. The molecule has 2 atom stereocenters. The zero-order valence-corrected chi connectivity index (χ0v) is 18.3. The molecule has 2 aromatic heterocycles. The van der Waals surface area contributed by atoms with E-state index in [0.717, 1.165) is 11.3 Å². The van der Waals surface area contributed by atoms with Gasteiger partial charge in [-0.2, -0.15) is 8.78 Å². The number of para-hydroxylation sites is 1. The van der Waals surface area contributed by atoms with Gasteiger partial charge in [0, 0.05) is 23.7 Å². The fourth-order valence-corrected chi connectivity index (χ4v) is 4.58. The van der Waals surface area contributed by atoms with Gasteiger partial charge in [-0.25, -0.2) is 9.37 Å². The van der Waals surface area contributed by atoms with Crippen molar-refractivity contribution in [1.29, 1.82) is 0 Å². The molecular formula is C24H18BrF3N2O2. The Hall–Kier alpha value is -2.84. The van der Waals surface area contributed by atoms with E-state index >= 15 is 0 Å². The minimum atomic E-state index is -2.94. The highest BCUT2D eigenvalue weighted by Crippen LogP contribution is 2.48. The van der Waals surface area contributed by atoms with Crippen molar-refractivity contribution in [3.8, 4) is 5.75 Å². The maximum absolute atomic E-state index is 14.2. The van der Waals surface area contributed by atoms with Crippen LogP contribution < -0.4 is 4.74 Å². The maximum Gasteiger partial charge on any atom is 0.387 e. The fraction of sp³-hybridized carbons (Fsp3) is 0.208. The van der Waals surface area contributed by atoms with E-state index in [9.17, 15) is 13.2 Å². The first-order valence-corrected chi connectivity index (χ1v) is 10.9. The van der Waals surface area contributed by atoms with Gasteiger partial charge in [-0.1, -0.05) is 48.5 Å². The highest BCUT2D eigenvalue weighted by Gasteiger charge is 2.39. The lowest BCUT2D eigenvalue weighted by atomic mass is 9.95. The minimum Gasteiger partial charge on any atom is -0.435 e. The van der Waals surface area contributed by atoms with Crippen LogP contribution in [0.5, 0.6) is 5.75 Å². The molecule has 0 spiro atoms. The summed E-state index contributed by atoms with van der Waals surface area (Å²) >= 11 is 3.23. The van der Waals surface area contributed by atoms with Crippen molar-refractivity contribution in [3.05, 3.63) is 99.7 Å². The molecule has 4 aromatic rings. The first-order valence-electron chi connectivity index (χ1n) is 10.1. The normalized spacial score (nSPS) is 17.8. The average Bonchev–Trinajstić information content (AvgIpc) is 3.31. The molecule has 0 radical (unpaired) electrons. The summed E-state index contributed by atoms with van der Waals surface area (Å²) in [7, 11) is 0. The Morgan fingerprint density at radius 1 is 1.09 bits per heavy atom. The summed E-state index contributed by atoms with van der Waals surface area (Å²) in [5, 5.41) is 0. The highest BCUT2D eigenvalue weighted by atomic mass is 79.9. The Morgan fingerprint density at radius 2 is 1.84 bits per heavy atom. The third-order valence-electron chi connectivity index (χ3n) is 5.62. The predicted molar refractivity (Wildman–Crippen MR) is 116 cm³/mol. The number of hydrogen-bond acceptors (Lipinski definition) is 3. The molecule has 4 nitrogen and oxygen atoms in total. The summed E-state index contributed by atoms with van der Waals surface area (Å²) in [5.41, 5.74) is 3.51. The number of benzene rings is 2. The van der Waals surface area contributed by atoms with Gasteiger partial charge in [0.05, 0.1) is 22.5 Å². The average molecular weight is 503 g/mol. The van der Waals surface area contributed by atoms with Crippen LogP contribution in [0.1, 0.15) is 41.0 Å². The molecule has 8 heteroatoms. The Kier molecular flexibility index (Phi) is 5.65. The molecule has 0 aliphatic heterocycles. The standard InChI is InChI=1S/C24H18BrF3N2O2/c25-17-12-30-21(11-18(17)26)29-22-20(31-13-14-6-2-1-3-7-14)10-16(23(22)30)15-8-4-5-9-19(15)32-24(27)28/h1-9,11-12,16,20,24H,10,13H2. The van der Waals surface area contributed by atoms with Crippen LogP contribution in [0.3, 0.4) is 0 Å². The van der Waals surface area contributed by atoms with Gasteiger partial charge in [-0.15, -0.1) is 0 Å². The van der Waals surface area contributed by atoms with E-state index in [4.69, 9.17) is 9.47 Å². The van der Waals surface area contributed by atoms with E-state index < -0.39 is 12.4 Å². The smallest absolute Gasteiger partial charge is 0.387 e. The summed E-state index contributed by atoms with van der Waals surface area (Å²) in [5.74, 6) is -0.632. The number of fused-ring (bicyclic) bond motifs is 3. The van der Waals surface area contributed by atoms with E-state index in [1.807, 2.05) is 30.3 Å². The van der Waals surface area contributed by atoms with E-state index in [1.165, 1.54) is 12.1 Å². The number of aromatic nitrogens is 2. The summed E-state index contributed by atoms with van der Waals surface area (Å²) in [6.45, 7) is -2.56. The molecule has 0 amide bonds. The fourth-order valence-electron chi connectivity index (χ4n) is 4.26. The number of alkyl halides is 2. The van der Waals surface area contributed by atoms with Crippen LogP contribution in [0.25, 0.3) is 5.65 Å². The van der Waals surface area contributed by atoms with Gasteiger partial charge in [0.2, 0.25) is 0 Å². The van der Waals surface area contributed by atoms with E-state index in [2.05, 4.69) is 20.9 Å². The SMILES string of the molecule is Fc1cc2nc3c(n2cc1Br)C(c1ccccc1OC(F)F)CC3OCc1ccccc1. The van der Waals surface area contributed by atoms with Crippen molar-refractivity contribution in [2.75, 3.05) is 0 Å². The molecule has 1 aliphatic rings. The highest BCUT2D eigenvalue weighted by molar-refractivity contribution is 9.10. The summed E-state index contributed by atoms with van der Waals surface area (Å²) in [4.78, 5) is 4.64. The molecule has 2 unspecified atom stereocenters. The number of pyridine rings is 1. The molecule has 0 fully saturated rings. The van der Waals surface area contributed by atoms with Gasteiger partial charge in [0.25, 0.3) is 0 Å². The van der Waals surface area contributed by atoms with Gasteiger partial charge in [0.1, 0.15) is 23.3 Å². The second-order valence-corrected chi connectivity index (χ2v) is 8.42. The molecule has 5 rings (SSSR count). The third-order valence-corrected chi connectivity index (χ3v) is 6.20. The van der Waals surface area contributed by atoms with Gasteiger partial charge in [-0.05, 0) is 34.0 Å². The molecule has 1 aliphatic carbocycles. The minimum absolute atomic E-state index is 0.110. The van der Waals surface area contributed by atoms with Crippen LogP contribution >= 0.6 is 15.9 Å². The first kappa shape index (κ1) is 21.0. The number of rotatable bonds is 6. The van der Waals surface area contributed by atoms with Crippen LogP contribution in [0, 0.1) is 5.82 Å². The Balaban J connectivity index is 1.58. The van der Waals surface area contributed by atoms with Crippen LogP contribution in [0.4, 0.5) is 13.2 Å². The lowest BCUT2D eigenvalue weighted by Gasteiger charge is -2.18. The molecule has 0 saturated carbocycles. The topological polar surface area (TPSA) is 35.8 Å². The van der Waals surface area contributed by atoms with Crippen molar-refractivity contribution < 1.29 is 22.6 Å². The molecule has 0 saturated heterocycles. The molecule has 0 N–H and O–H groups in total. The number of imidazole rings is 1. The first-order chi connectivity index (χ1) is 15.5. The Morgan fingerprint density at radius 3 is 2.62 bits per heavy atom. The lowest BCUT2D eigenvalue weighted by Crippen LogP contribution is -2.09. The molecule has 2 heterocycles. The quantitative estimate of drug-likeness (QED) is 0.296. The predicted octanol–water partition coefficient (Wildman–Crippen LogP) is 6.63. The van der Waals surface area contributed by atoms with Crippen molar-refractivity contribution in [3.63, 3.8) is 0 Å². The molecule has 0 bridgehead atoms. The molecule has 2 aromatic carbocycles. The maximum atomic E-state index is 14.2. The number of nitrogens with zero attached hydrogens (tertiary/aromatic N) is 2. The summed E-state index contributed by atoms with van der Waals surface area (Å²) in [6, 6.07) is 17.8. The molecule has 164 valence electrons. The summed E-state index contributed by atoms with van der Waals surface area (Å²) < 4.78 is 53.3. The largest absolute Gasteiger partial charge is 0.435 e. The zero-order valence-electron chi connectivity index (χ0n) is 16.7. The second-order valence-electron chi connectivity index (χ2n) is 7.57. The molecular weight excluding hydrogens is 485 g/mol. The van der Waals surface area contributed by atoms with Crippen molar-refractivity contribution in [2.45, 2.75) is 31.7 Å². The third kappa shape index (κ3) is 3.89. The van der Waals surface area contributed by atoms with Gasteiger partial charge >= 0.3 is 6.61 Å². The van der Waals surface area contributed by atoms with Gasteiger partial charge < -0.3 is 13.9 Å². The zero-order chi connectivity index (χ0) is 22.2.